The average Bonchev–Trinajstić information content (AvgIpc) is 2.92. The SMILES string of the molecule is Clc1ccc(Cc2noc([C@H]3CCCCN3)n2)cc1Cl. The number of hydrogen-bond acceptors (Lipinski definition) is 4. The molecular weight excluding hydrogens is 297 g/mol. The first-order chi connectivity index (χ1) is 9.72. The number of nitrogens with one attached hydrogen (secondary N) is 1. The average molecular weight is 312 g/mol. The Bertz CT molecular complexity index is 594. The number of hydrogen-bond donors (Lipinski definition) is 1. The predicted octanol–water partition coefficient (Wildman–Crippen LogP) is 3.78. The van der Waals surface area contributed by atoms with Crippen LogP contribution < -0.4 is 5.32 Å². The van der Waals surface area contributed by atoms with Gasteiger partial charge < -0.3 is 9.84 Å². The van der Waals surface area contributed by atoms with Crippen molar-refractivity contribution in [1.29, 1.82) is 0 Å². The molecule has 1 saturated heterocycles. The van der Waals surface area contributed by atoms with Gasteiger partial charge in [-0.1, -0.05) is 40.8 Å². The molecule has 1 aromatic heterocycles. The van der Waals surface area contributed by atoms with E-state index in [2.05, 4.69) is 15.5 Å². The van der Waals surface area contributed by atoms with Crippen molar-refractivity contribution in [2.24, 2.45) is 0 Å². The van der Waals surface area contributed by atoms with Gasteiger partial charge in [0.05, 0.1) is 16.1 Å². The van der Waals surface area contributed by atoms with E-state index in [1.165, 1.54) is 12.8 Å². The van der Waals surface area contributed by atoms with Crippen molar-refractivity contribution in [3.63, 3.8) is 0 Å². The highest BCUT2D eigenvalue weighted by molar-refractivity contribution is 6.42. The van der Waals surface area contributed by atoms with E-state index in [1.807, 2.05) is 12.1 Å². The number of piperidine rings is 1. The molecule has 0 bridgehead atoms. The van der Waals surface area contributed by atoms with Gasteiger partial charge >= 0.3 is 0 Å². The van der Waals surface area contributed by atoms with Crippen LogP contribution in [0.3, 0.4) is 0 Å². The third-order valence-corrected chi connectivity index (χ3v) is 4.18. The van der Waals surface area contributed by atoms with E-state index in [4.69, 9.17) is 27.7 Å². The fourth-order valence-corrected chi connectivity index (χ4v) is 2.70. The number of benzene rings is 1. The Hall–Kier alpha value is -1.10. The summed E-state index contributed by atoms with van der Waals surface area (Å²) >= 11 is 11.9. The molecule has 1 aliphatic rings. The molecule has 0 amide bonds. The van der Waals surface area contributed by atoms with Crippen molar-refractivity contribution in [3.05, 3.63) is 45.5 Å². The van der Waals surface area contributed by atoms with E-state index in [-0.39, 0.29) is 6.04 Å². The van der Waals surface area contributed by atoms with E-state index in [1.54, 1.807) is 6.07 Å². The van der Waals surface area contributed by atoms with Crippen LogP contribution in [0.2, 0.25) is 10.0 Å². The first kappa shape index (κ1) is 13.9. The summed E-state index contributed by atoms with van der Waals surface area (Å²) in [6.07, 6.45) is 4.05. The van der Waals surface area contributed by atoms with Crippen LogP contribution in [0.5, 0.6) is 0 Å². The van der Waals surface area contributed by atoms with E-state index in [9.17, 15) is 0 Å². The standard InChI is InChI=1S/C14H15Cl2N3O/c15-10-5-4-9(7-11(10)16)8-13-18-14(20-19-13)12-3-1-2-6-17-12/h4-5,7,12,17H,1-3,6,8H2/t12-/m1/s1. The highest BCUT2D eigenvalue weighted by atomic mass is 35.5. The quantitative estimate of drug-likeness (QED) is 0.937. The summed E-state index contributed by atoms with van der Waals surface area (Å²) in [5.74, 6) is 1.35. The summed E-state index contributed by atoms with van der Waals surface area (Å²) in [5.41, 5.74) is 1.02. The third kappa shape index (κ3) is 3.14. The van der Waals surface area contributed by atoms with Gasteiger partial charge in [0.1, 0.15) is 0 Å². The molecular formula is C14H15Cl2N3O. The molecule has 3 rings (SSSR count). The second-order valence-corrected chi connectivity index (χ2v) is 5.79. The maximum absolute atomic E-state index is 6.00. The third-order valence-electron chi connectivity index (χ3n) is 3.44. The molecule has 20 heavy (non-hydrogen) atoms. The van der Waals surface area contributed by atoms with Crippen LogP contribution in [-0.4, -0.2) is 16.7 Å². The molecule has 1 aromatic carbocycles. The van der Waals surface area contributed by atoms with Crippen LogP contribution in [0.1, 0.15) is 42.6 Å². The molecule has 0 unspecified atom stereocenters. The minimum Gasteiger partial charge on any atom is -0.338 e. The van der Waals surface area contributed by atoms with Gasteiger partial charge in [0.25, 0.3) is 0 Å². The Labute approximate surface area is 127 Å². The predicted molar refractivity (Wildman–Crippen MR) is 78.2 cm³/mol. The Morgan fingerprint density at radius 1 is 1.25 bits per heavy atom. The van der Waals surface area contributed by atoms with Crippen molar-refractivity contribution in [1.82, 2.24) is 15.5 Å². The van der Waals surface area contributed by atoms with Crippen LogP contribution in [-0.2, 0) is 6.42 Å². The van der Waals surface area contributed by atoms with Gasteiger partial charge in [-0.05, 0) is 37.1 Å². The van der Waals surface area contributed by atoms with Gasteiger partial charge in [-0.25, -0.2) is 0 Å². The lowest BCUT2D eigenvalue weighted by Gasteiger charge is -2.19. The molecule has 0 aliphatic carbocycles. The zero-order valence-electron chi connectivity index (χ0n) is 10.9. The summed E-state index contributed by atoms with van der Waals surface area (Å²) < 4.78 is 5.35. The van der Waals surface area contributed by atoms with Crippen LogP contribution in [0.25, 0.3) is 0 Å². The lowest BCUT2D eigenvalue weighted by Crippen LogP contribution is -2.27. The summed E-state index contributed by atoms with van der Waals surface area (Å²) in [5, 5.41) is 8.53. The van der Waals surface area contributed by atoms with Crippen molar-refractivity contribution in [2.45, 2.75) is 31.7 Å². The lowest BCUT2D eigenvalue weighted by molar-refractivity contribution is 0.296. The molecule has 0 saturated carbocycles. The molecule has 4 nitrogen and oxygen atoms in total. The highest BCUT2D eigenvalue weighted by Gasteiger charge is 2.20. The van der Waals surface area contributed by atoms with Gasteiger partial charge in [0.15, 0.2) is 5.82 Å². The Morgan fingerprint density at radius 3 is 2.90 bits per heavy atom. The highest BCUT2D eigenvalue weighted by Crippen LogP contribution is 2.24. The Kier molecular flexibility index (Phi) is 4.24. The van der Waals surface area contributed by atoms with E-state index in [0.717, 1.165) is 18.5 Å². The molecule has 1 aliphatic heterocycles. The Morgan fingerprint density at radius 2 is 2.15 bits per heavy atom. The van der Waals surface area contributed by atoms with Crippen molar-refractivity contribution in [3.8, 4) is 0 Å². The minimum absolute atomic E-state index is 0.193. The molecule has 6 heteroatoms. The molecule has 0 radical (unpaired) electrons. The molecule has 106 valence electrons. The van der Waals surface area contributed by atoms with Crippen LogP contribution in [0.15, 0.2) is 22.7 Å². The van der Waals surface area contributed by atoms with E-state index >= 15 is 0 Å². The zero-order chi connectivity index (χ0) is 13.9. The fraction of sp³-hybridized carbons (Fsp3) is 0.429. The first-order valence-electron chi connectivity index (χ1n) is 6.72. The second-order valence-electron chi connectivity index (χ2n) is 4.98. The van der Waals surface area contributed by atoms with Gasteiger partial charge in [-0.2, -0.15) is 4.98 Å². The van der Waals surface area contributed by atoms with Crippen LogP contribution in [0.4, 0.5) is 0 Å². The molecule has 0 spiro atoms. The summed E-state index contributed by atoms with van der Waals surface area (Å²) in [7, 11) is 0. The van der Waals surface area contributed by atoms with Gasteiger partial charge in [0.2, 0.25) is 5.89 Å². The number of aromatic nitrogens is 2. The van der Waals surface area contributed by atoms with Gasteiger partial charge in [-0.15, -0.1) is 0 Å². The normalized spacial score (nSPS) is 19.2. The monoisotopic (exact) mass is 311 g/mol. The van der Waals surface area contributed by atoms with Crippen LogP contribution >= 0.6 is 23.2 Å². The molecule has 1 fully saturated rings. The van der Waals surface area contributed by atoms with Crippen molar-refractivity contribution in [2.75, 3.05) is 6.54 Å². The van der Waals surface area contributed by atoms with Gasteiger partial charge in [-0.3, -0.25) is 0 Å². The van der Waals surface area contributed by atoms with E-state index < -0.39 is 0 Å². The van der Waals surface area contributed by atoms with Crippen molar-refractivity contribution < 1.29 is 4.52 Å². The largest absolute Gasteiger partial charge is 0.338 e. The summed E-state index contributed by atoms with van der Waals surface area (Å²) in [6.45, 7) is 1.01. The fourth-order valence-electron chi connectivity index (χ4n) is 2.38. The maximum atomic E-state index is 6.00. The second kappa shape index (κ2) is 6.12. The maximum Gasteiger partial charge on any atom is 0.243 e. The number of halogens is 2. The molecule has 2 heterocycles. The molecule has 2 aromatic rings. The minimum atomic E-state index is 0.193. The van der Waals surface area contributed by atoms with E-state index in [0.29, 0.717) is 28.2 Å². The summed E-state index contributed by atoms with van der Waals surface area (Å²) in [4.78, 5) is 4.46. The lowest BCUT2D eigenvalue weighted by atomic mass is 10.1. The van der Waals surface area contributed by atoms with Gasteiger partial charge in [0, 0.05) is 6.42 Å². The van der Waals surface area contributed by atoms with Crippen LogP contribution in [0, 0.1) is 0 Å². The number of nitrogens with zero attached hydrogens (tertiary/aromatic N) is 2. The molecule has 1 atom stereocenters. The summed E-state index contributed by atoms with van der Waals surface area (Å²) in [6, 6.07) is 5.73. The smallest absolute Gasteiger partial charge is 0.243 e. The molecule has 1 N–H and O–H groups in total. The van der Waals surface area contributed by atoms with Crippen molar-refractivity contribution >= 4 is 23.2 Å². The zero-order valence-corrected chi connectivity index (χ0v) is 12.4. The first-order valence-corrected chi connectivity index (χ1v) is 7.48. The Balaban J connectivity index is 1.71. The number of rotatable bonds is 3. The topological polar surface area (TPSA) is 51.0 Å².